The molecule has 4 rings (SSSR count). The van der Waals surface area contributed by atoms with Crippen molar-refractivity contribution in [2.24, 2.45) is 0 Å². The normalized spacial score (nSPS) is 18.5. The average Bonchev–Trinajstić information content (AvgIpc) is 3.64. The molecule has 0 saturated heterocycles. The number of methoxy groups -OCH3 is 3. The highest BCUT2D eigenvalue weighted by Gasteiger charge is 2.44. The highest BCUT2D eigenvalue weighted by Crippen LogP contribution is 2.51. The quantitative estimate of drug-likeness (QED) is 0.0321. The Morgan fingerprint density at radius 1 is 0.571 bits per heavy atom. The molecule has 0 spiro atoms. The Balaban J connectivity index is 1.61. The lowest BCUT2D eigenvalue weighted by molar-refractivity contribution is -0.137. The van der Waals surface area contributed by atoms with E-state index >= 15 is 0 Å². The van der Waals surface area contributed by atoms with Crippen molar-refractivity contribution in [3.05, 3.63) is 112 Å². The molecule has 2 unspecified atom stereocenters. The fourth-order valence-electron chi connectivity index (χ4n) is 9.65. The number of carbonyl (C=O) groups is 1. The van der Waals surface area contributed by atoms with E-state index < -0.39 is 37.0 Å². The summed E-state index contributed by atoms with van der Waals surface area (Å²) in [7, 11) is -4.14. The van der Waals surface area contributed by atoms with Gasteiger partial charge in [-0.15, -0.1) is 0 Å². The molecule has 18 nitrogen and oxygen atoms in total. The standard InChI is InChI=1S/C57H85NO17S2/c1-56(25-28-70-35-37-74-41-39-72-33-31-68-4)50(46(17-13-9-6-7-12-16-20-55(59)60)43-47-21-22-48(44-51(47)56)76(61,62)63)18-14-10-8-11-15-19-54-57(2,26-29-71-36-38-75-42-40-73-34-32-69-5)52-45-49(77(64,65)66)23-24-53(52)58(54)27-30-67-3/h8,10-11,14-15,18-19,21-24,44-45H,6-7,9,12-13,16-17,20,25-43H2,1-5H3,(H,59,60)(H,61,62,63)(H,64,65,66)/b10-8+,15-11+,18-14+,54-19+. The van der Waals surface area contributed by atoms with Crippen LogP contribution in [0.4, 0.5) is 5.69 Å². The summed E-state index contributed by atoms with van der Waals surface area (Å²) in [6.07, 6.45) is 21.7. The van der Waals surface area contributed by atoms with E-state index in [1.165, 1.54) is 23.8 Å². The molecule has 77 heavy (non-hydrogen) atoms. The summed E-state index contributed by atoms with van der Waals surface area (Å²) in [5.74, 6) is -0.777. The first-order valence-electron chi connectivity index (χ1n) is 26.6. The molecule has 432 valence electrons. The predicted octanol–water partition coefficient (Wildman–Crippen LogP) is 8.65. The Morgan fingerprint density at radius 3 is 1.58 bits per heavy atom. The van der Waals surface area contributed by atoms with Gasteiger partial charge in [0.1, 0.15) is 0 Å². The van der Waals surface area contributed by atoms with E-state index in [1.54, 1.807) is 39.5 Å². The topological polar surface area (TPSA) is 232 Å². The van der Waals surface area contributed by atoms with Gasteiger partial charge in [0.05, 0.1) is 95.7 Å². The number of hydrogen-bond acceptors (Lipinski definition) is 15. The molecule has 0 amide bonds. The van der Waals surface area contributed by atoms with Crippen molar-refractivity contribution < 1.29 is 78.5 Å². The summed E-state index contributed by atoms with van der Waals surface area (Å²) in [5, 5.41) is 9.04. The van der Waals surface area contributed by atoms with Crippen LogP contribution in [0.3, 0.4) is 0 Å². The van der Waals surface area contributed by atoms with E-state index in [4.69, 9.17) is 47.7 Å². The molecular formula is C57H85NO17S2. The number of nitrogens with zero attached hydrogens (tertiary/aromatic N) is 1. The zero-order valence-corrected chi connectivity index (χ0v) is 47.6. The maximum absolute atomic E-state index is 12.5. The number of aliphatic carboxylic acids is 1. The van der Waals surface area contributed by atoms with Crippen LogP contribution in [0.15, 0.2) is 106 Å². The second-order valence-corrected chi connectivity index (χ2v) is 22.1. The second-order valence-electron chi connectivity index (χ2n) is 19.3. The number of rotatable bonds is 42. The van der Waals surface area contributed by atoms with Gasteiger partial charge in [0.25, 0.3) is 20.2 Å². The molecular weight excluding hydrogens is 1030 g/mol. The molecule has 1 heterocycles. The fourth-order valence-corrected chi connectivity index (χ4v) is 10.7. The maximum Gasteiger partial charge on any atom is 0.303 e. The third-order valence-electron chi connectivity index (χ3n) is 13.8. The van der Waals surface area contributed by atoms with Crippen molar-refractivity contribution in [3.8, 4) is 0 Å². The van der Waals surface area contributed by atoms with Gasteiger partial charge in [-0.3, -0.25) is 13.9 Å². The van der Waals surface area contributed by atoms with Crippen LogP contribution in [0.25, 0.3) is 0 Å². The third-order valence-corrected chi connectivity index (χ3v) is 15.5. The molecule has 1 aliphatic heterocycles. The first-order valence-corrected chi connectivity index (χ1v) is 29.5. The van der Waals surface area contributed by atoms with Gasteiger partial charge in [-0.25, -0.2) is 0 Å². The Bertz CT molecular complexity index is 2490. The minimum absolute atomic E-state index is 0.173. The Kier molecular flexibility index (Phi) is 29.5. The molecule has 0 fully saturated rings. The fraction of sp³-hybridized carbons (Fsp3) is 0.596. The first-order chi connectivity index (χ1) is 37.0. The average molecular weight is 1120 g/mol. The highest BCUT2D eigenvalue weighted by molar-refractivity contribution is 7.86. The zero-order chi connectivity index (χ0) is 56.0. The molecule has 0 saturated carbocycles. The van der Waals surface area contributed by atoms with E-state index in [-0.39, 0.29) is 16.2 Å². The number of carboxylic acid groups (broad SMARTS) is 1. The van der Waals surface area contributed by atoms with Gasteiger partial charge < -0.3 is 52.6 Å². The molecule has 0 aromatic heterocycles. The van der Waals surface area contributed by atoms with Gasteiger partial charge in [0.2, 0.25) is 0 Å². The van der Waals surface area contributed by atoms with Crippen LogP contribution in [0.1, 0.15) is 94.7 Å². The van der Waals surface area contributed by atoms with Crippen molar-refractivity contribution >= 4 is 31.9 Å². The van der Waals surface area contributed by atoms with E-state index in [0.717, 1.165) is 72.2 Å². The number of hydrogen-bond donors (Lipinski definition) is 3. The Morgan fingerprint density at radius 2 is 1.04 bits per heavy atom. The van der Waals surface area contributed by atoms with Crippen molar-refractivity contribution in [1.82, 2.24) is 0 Å². The smallest absolute Gasteiger partial charge is 0.303 e. The number of benzene rings is 2. The monoisotopic (exact) mass is 1120 g/mol. The summed E-state index contributed by atoms with van der Waals surface area (Å²) in [5.41, 5.74) is 5.03. The van der Waals surface area contributed by atoms with Crippen molar-refractivity contribution in [2.45, 2.75) is 105 Å². The number of fused-ring (bicyclic) bond motifs is 2. The van der Waals surface area contributed by atoms with Crippen LogP contribution in [0, 0.1) is 0 Å². The van der Waals surface area contributed by atoms with Crippen LogP contribution in [0.5, 0.6) is 0 Å². The summed E-state index contributed by atoms with van der Waals surface area (Å²) in [6, 6.07) is 9.49. The molecule has 2 aromatic rings. The number of ether oxygens (including phenoxy) is 9. The lowest BCUT2D eigenvalue weighted by Crippen LogP contribution is -2.32. The third kappa shape index (κ3) is 21.8. The van der Waals surface area contributed by atoms with Gasteiger partial charge in [-0.1, -0.05) is 80.7 Å². The Labute approximate surface area is 457 Å². The highest BCUT2D eigenvalue weighted by atomic mass is 32.2. The van der Waals surface area contributed by atoms with Gasteiger partial charge >= 0.3 is 5.97 Å². The van der Waals surface area contributed by atoms with Gasteiger partial charge in [-0.05, 0) is 104 Å². The molecule has 1 aliphatic carbocycles. The molecule has 20 heteroatoms. The minimum atomic E-state index is -4.50. The minimum Gasteiger partial charge on any atom is -0.481 e. The van der Waals surface area contributed by atoms with Crippen LogP contribution in [-0.2, 0) is 84.9 Å². The predicted molar refractivity (Wildman–Crippen MR) is 295 cm³/mol. The summed E-state index contributed by atoms with van der Waals surface area (Å²) >= 11 is 0. The van der Waals surface area contributed by atoms with E-state index in [2.05, 4.69) is 17.9 Å². The number of carboxylic acids is 1. The molecule has 2 aliphatic rings. The lowest BCUT2D eigenvalue weighted by Gasteiger charge is -2.40. The van der Waals surface area contributed by atoms with Crippen LogP contribution < -0.4 is 4.90 Å². The van der Waals surface area contributed by atoms with Gasteiger partial charge in [0, 0.05) is 69.7 Å². The Hall–Kier alpha value is -4.13. The van der Waals surface area contributed by atoms with Crippen LogP contribution >= 0.6 is 0 Å². The van der Waals surface area contributed by atoms with Gasteiger partial charge in [-0.2, -0.15) is 16.8 Å². The van der Waals surface area contributed by atoms with E-state index in [9.17, 15) is 30.7 Å². The molecule has 0 bridgehead atoms. The molecule has 2 aromatic carbocycles. The van der Waals surface area contributed by atoms with E-state index in [1.807, 2.05) is 43.4 Å². The summed E-state index contributed by atoms with van der Waals surface area (Å²) in [4.78, 5) is 12.7. The number of allylic oxidation sites excluding steroid dienone is 10. The molecule has 0 radical (unpaired) electrons. The first kappa shape index (κ1) is 65.4. The van der Waals surface area contributed by atoms with Crippen molar-refractivity contribution in [3.63, 3.8) is 0 Å². The van der Waals surface area contributed by atoms with Crippen LogP contribution in [0.2, 0.25) is 0 Å². The lowest BCUT2D eigenvalue weighted by atomic mass is 9.65. The zero-order valence-electron chi connectivity index (χ0n) is 45.9. The molecule has 2 atom stereocenters. The van der Waals surface area contributed by atoms with Crippen molar-refractivity contribution in [1.29, 1.82) is 0 Å². The van der Waals surface area contributed by atoms with Crippen LogP contribution in [-0.4, -0.2) is 164 Å². The maximum atomic E-state index is 12.5. The number of anilines is 1. The van der Waals surface area contributed by atoms with Crippen molar-refractivity contribution in [2.75, 3.05) is 132 Å². The summed E-state index contributed by atoms with van der Waals surface area (Å²) < 4.78 is 120. The van der Waals surface area contributed by atoms with E-state index in [0.29, 0.717) is 131 Å². The second kappa shape index (κ2) is 34.8. The SMILES string of the molecule is COCCOCCOCCOCCC1(C)C(/C=C/C=C/C=C/C=C2/N(CCOC)c3ccc(S(=O)(=O)O)cc3C2(C)CCOCCOCCOCCOC)=C(CCCCCCCCC(=O)O)Cc2ccc(S(=O)(=O)O)cc21. The molecule has 3 N–H and O–H groups in total. The summed E-state index contributed by atoms with van der Waals surface area (Å²) in [6.45, 7) is 10.8. The number of unbranched alkanes of at least 4 members (excludes halogenated alkanes) is 5. The van der Waals surface area contributed by atoms with Gasteiger partial charge in [0.15, 0.2) is 0 Å². The largest absolute Gasteiger partial charge is 0.481 e.